The zero-order valence-corrected chi connectivity index (χ0v) is 11.7. The standard InChI is InChI=1S/C16H23Cl/c1-12(2)13-8-10-15(11-9-13)16(17)14-6-4-3-5-7-14/h8-12,14,16H,3-7H2,1-2H3. The van der Waals surface area contributed by atoms with Crippen molar-refractivity contribution in [3.63, 3.8) is 0 Å². The van der Waals surface area contributed by atoms with Gasteiger partial charge in [0.05, 0.1) is 5.38 Å². The summed E-state index contributed by atoms with van der Waals surface area (Å²) in [6.07, 6.45) is 6.72. The van der Waals surface area contributed by atoms with E-state index < -0.39 is 0 Å². The maximum atomic E-state index is 6.62. The molecule has 0 amide bonds. The molecule has 0 N–H and O–H groups in total. The molecule has 0 saturated heterocycles. The van der Waals surface area contributed by atoms with Gasteiger partial charge in [-0.2, -0.15) is 0 Å². The Morgan fingerprint density at radius 3 is 2.00 bits per heavy atom. The van der Waals surface area contributed by atoms with Crippen LogP contribution in [0.1, 0.15) is 68.4 Å². The third-order valence-corrected chi connectivity index (χ3v) is 4.59. The Kier molecular flexibility index (Phi) is 4.50. The summed E-state index contributed by atoms with van der Waals surface area (Å²) < 4.78 is 0. The van der Waals surface area contributed by atoms with Crippen molar-refractivity contribution in [2.24, 2.45) is 5.92 Å². The van der Waals surface area contributed by atoms with Gasteiger partial charge in [-0.05, 0) is 35.8 Å². The highest BCUT2D eigenvalue weighted by atomic mass is 35.5. The number of benzene rings is 1. The van der Waals surface area contributed by atoms with Crippen molar-refractivity contribution in [2.75, 3.05) is 0 Å². The topological polar surface area (TPSA) is 0 Å². The molecule has 0 heterocycles. The lowest BCUT2D eigenvalue weighted by Crippen LogP contribution is -2.12. The molecule has 1 fully saturated rings. The fourth-order valence-electron chi connectivity index (χ4n) is 2.76. The highest BCUT2D eigenvalue weighted by molar-refractivity contribution is 6.21. The fraction of sp³-hybridized carbons (Fsp3) is 0.625. The number of hydrogen-bond donors (Lipinski definition) is 0. The first-order chi connectivity index (χ1) is 8.18. The zero-order valence-electron chi connectivity index (χ0n) is 11.0. The van der Waals surface area contributed by atoms with E-state index in [1.165, 1.54) is 43.2 Å². The van der Waals surface area contributed by atoms with Crippen molar-refractivity contribution in [1.29, 1.82) is 0 Å². The molecule has 1 aromatic rings. The van der Waals surface area contributed by atoms with E-state index in [0.29, 0.717) is 11.8 Å². The maximum absolute atomic E-state index is 6.62. The fourth-order valence-corrected chi connectivity index (χ4v) is 3.16. The predicted octanol–water partition coefficient (Wildman–Crippen LogP) is 5.67. The average molecular weight is 251 g/mol. The van der Waals surface area contributed by atoms with Gasteiger partial charge in [0, 0.05) is 0 Å². The summed E-state index contributed by atoms with van der Waals surface area (Å²) in [4.78, 5) is 0. The first kappa shape index (κ1) is 13.0. The molecule has 1 heteroatoms. The van der Waals surface area contributed by atoms with Crippen LogP contribution in [0, 0.1) is 5.92 Å². The SMILES string of the molecule is CC(C)c1ccc(C(Cl)C2CCCCC2)cc1. The minimum atomic E-state index is 0.219. The van der Waals surface area contributed by atoms with E-state index in [2.05, 4.69) is 38.1 Å². The van der Waals surface area contributed by atoms with E-state index in [1.54, 1.807) is 0 Å². The zero-order chi connectivity index (χ0) is 12.3. The smallest absolute Gasteiger partial charge is 0.0613 e. The molecule has 0 spiro atoms. The van der Waals surface area contributed by atoms with Crippen molar-refractivity contribution in [1.82, 2.24) is 0 Å². The van der Waals surface area contributed by atoms with Crippen molar-refractivity contribution in [2.45, 2.75) is 57.2 Å². The van der Waals surface area contributed by atoms with Crippen LogP contribution in [0.15, 0.2) is 24.3 Å². The lowest BCUT2D eigenvalue weighted by atomic mass is 9.84. The Morgan fingerprint density at radius 1 is 0.941 bits per heavy atom. The van der Waals surface area contributed by atoms with Crippen molar-refractivity contribution in [3.05, 3.63) is 35.4 Å². The Bertz CT molecular complexity index is 333. The molecule has 17 heavy (non-hydrogen) atoms. The van der Waals surface area contributed by atoms with Gasteiger partial charge in [0.15, 0.2) is 0 Å². The molecular weight excluding hydrogens is 228 g/mol. The van der Waals surface area contributed by atoms with Crippen LogP contribution in [0.2, 0.25) is 0 Å². The summed E-state index contributed by atoms with van der Waals surface area (Å²) in [5.41, 5.74) is 2.71. The normalized spacial score (nSPS) is 19.5. The quantitative estimate of drug-likeness (QED) is 0.607. The number of rotatable bonds is 3. The maximum Gasteiger partial charge on any atom is 0.0613 e. The van der Waals surface area contributed by atoms with Crippen LogP contribution in [0.25, 0.3) is 0 Å². The molecule has 1 saturated carbocycles. The predicted molar refractivity (Wildman–Crippen MR) is 75.7 cm³/mol. The molecule has 0 bridgehead atoms. The summed E-state index contributed by atoms with van der Waals surface area (Å²) in [6.45, 7) is 4.46. The van der Waals surface area contributed by atoms with Gasteiger partial charge in [-0.3, -0.25) is 0 Å². The molecule has 1 aliphatic rings. The van der Waals surface area contributed by atoms with Crippen LogP contribution < -0.4 is 0 Å². The summed E-state index contributed by atoms with van der Waals surface area (Å²) >= 11 is 6.62. The van der Waals surface area contributed by atoms with E-state index in [1.807, 2.05) is 0 Å². The van der Waals surface area contributed by atoms with Gasteiger partial charge in [-0.15, -0.1) is 11.6 Å². The average Bonchev–Trinajstić information content (AvgIpc) is 2.39. The lowest BCUT2D eigenvalue weighted by molar-refractivity contribution is 0.348. The van der Waals surface area contributed by atoms with Gasteiger partial charge in [0.2, 0.25) is 0 Å². The second-order valence-electron chi connectivity index (χ2n) is 5.62. The van der Waals surface area contributed by atoms with Gasteiger partial charge in [0.1, 0.15) is 0 Å². The van der Waals surface area contributed by atoms with Crippen LogP contribution in [0.3, 0.4) is 0 Å². The van der Waals surface area contributed by atoms with Crippen LogP contribution >= 0.6 is 11.6 Å². The lowest BCUT2D eigenvalue weighted by Gasteiger charge is -2.26. The summed E-state index contributed by atoms with van der Waals surface area (Å²) in [5.74, 6) is 1.29. The third kappa shape index (κ3) is 3.25. The summed E-state index contributed by atoms with van der Waals surface area (Å²) in [7, 11) is 0. The van der Waals surface area contributed by atoms with Crippen molar-refractivity contribution in [3.8, 4) is 0 Å². The molecule has 1 atom stereocenters. The molecule has 94 valence electrons. The highest BCUT2D eigenvalue weighted by Crippen LogP contribution is 2.38. The molecule has 1 aromatic carbocycles. The van der Waals surface area contributed by atoms with Crippen LogP contribution in [0.5, 0.6) is 0 Å². The van der Waals surface area contributed by atoms with E-state index in [4.69, 9.17) is 11.6 Å². The minimum absolute atomic E-state index is 0.219. The molecule has 1 unspecified atom stereocenters. The summed E-state index contributed by atoms with van der Waals surface area (Å²) in [6, 6.07) is 8.92. The van der Waals surface area contributed by atoms with Crippen LogP contribution in [-0.4, -0.2) is 0 Å². The van der Waals surface area contributed by atoms with Crippen molar-refractivity contribution < 1.29 is 0 Å². The van der Waals surface area contributed by atoms with Gasteiger partial charge in [0.25, 0.3) is 0 Å². The van der Waals surface area contributed by atoms with E-state index in [-0.39, 0.29) is 5.38 Å². The molecule has 0 aromatic heterocycles. The molecule has 0 radical (unpaired) electrons. The molecule has 2 rings (SSSR count). The van der Waals surface area contributed by atoms with E-state index >= 15 is 0 Å². The summed E-state index contributed by atoms with van der Waals surface area (Å²) in [5, 5.41) is 0.219. The molecule has 1 aliphatic carbocycles. The van der Waals surface area contributed by atoms with Gasteiger partial charge in [-0.1, -0.05) is 57.4 Å². The first-order valence-electron chi connectivity index (χ1n) is 6.92. The minimum Gasteiger partial charge on any atom is -0.118 e. The Morgan fingerprint density at radius 2 is 1.47 bits per heavy atom. The monoisotopic (exact) mass is 250 g/mol. The first-order valence-corrected chi connectivity index (χ1v) is 7.36. The number of halogens is 1. The second-order valence-corrected chi connectivity index (χ2v) is 6.09. The van der Waals surface area contributed by atoms with E-state index in [9.17, 15) is 0 Å². The Labute approximate surface area is 110 Å². The molecule has 0 aliphatic heterocycles. The number of alkyl halides is 1. The third-order valence-electron chi connectivity index (χ3n) is 3.99. The van der Waals surface area contributed by atoms with Crippen molar-refractivity contribution >= 4 is 11.6 Å². The van der Waals surface area contributed by atoms with Gasteiger partial charge in [-0.25, -0.2) is 0 Å². The molecular formula is C16H23Cl. The second kappa shape index (κ2) is 5.91. The Hall–Kier alpha value is -0.490. The number of hydrogen-bond acceptors (Lipinski definition) is 0. The molecule has 0 nitrogen and oxygen atoms in total. The van der Waals surface area contributed by atoms with Gasteiger partial charge >= 0.3 is 0 Å². The highest BCUT2D eigenvalue weighted by Gasteiger charge is 2.22. The Balaban J connectivity index is 2.05. The largest absolute Gasteiger partial charge is 0.118 e. The van der Waals surface area contributed by atoms with Gasteiger partial charge < -0.3 is 0 Å². The van der Waals surface area contributed by atoms with Crippen LogP contribution in [0.4, 0.5) is 0 Å². The van der Waals surface area contributed by atoms with Crippen LogP contribution in [-0.2, 0) is 0 Å². The van der Waals surface area contributed by atoms with E-state index in [0.717, 1.165) is 0 Å².